The molecule has 0 atom stereocenters. The van der Waals surface area contributed by atoms with Gasteiger partial charge < -0.3 is 5.32 Å². The average Bonchev–Trinajstić information content (AvgIpc) is 2.23. The van der Waals surface area contributed by atoms with Gasteiger partial charge in [0.1, 0.15) is 5.82 Å². The molecule has 1 aromatic carbocycles. The van der Waals surface area contributed by atoms with Gasteiger partial charge in [0.2, 0.25) is 0 Å². The maximum absolute atomic E-state index is 13.5. The summed E-state index contributed by atoms with van der Waals surface area (Å²) in [6, 6.07) is 5.19. The fourth-order valence-electron chi connectivity index (χ4n) is 1.49. The highest BCUT2D eigenvalue weighted by atomic mass is 19.1. The number of hydrogen-bond donors (Lipinski definition) is 1. The maximum atomic E-state index is 13.5. The van der Waals surface area contributed by atoms with Crippen molar-refractivity contribution in [2.24, 2.45) is 0 Å². The molecule has 0 aliphatic carbocycles. The Morgan fingerprint density at radius 3 is 2.87 bits per heavy atom. The Morgan fingerprint density at radius 1 is 1.40 bits per heavy atom. The van der Waals surface area contributed by atoms with E-state index < -0.39 is 0 Å². The van der Waals surface area contributed by atoms with Crippen molar-refractivity contribution in [2.45, 2.75) is 26.8 Å². The zero-order chi connectivity index (χ0) is 11.1. The average molecular weight is 207 g/mol. The molecule has 0 bridgehead atoms. The molecule has 15 heavy (non-hydrogen) atoms. The normalized spacial score (nSPS) is 11.1. The molecule has 2 heteroatoms. The van der Waals surface area contributed by atoms with Crippen LogP contribution in [0.5, 0.6) is 0 Å². The van der Waals surface area contributed by atoms with E-state index >= 15 is 0 Å². The standard InChI is InChI=1S/C13H18FN/c1-3-6-11-7-5-8-13(14)12(11)10-15-9-4-2/h3,5-8,15H,4,9-10H2,1-2H3/b6-3-. The highest BCUT2D eigenvalue weighted by Crippen LogP contribution is 2.15. The quantitative estimate of drug-likeness (QED) is 0.730. The Labute approximate surface area is 91.0 Å². The predicted molar refractivity (Wildman–Crippen MR) is 63.1 cm³/mol. The van der Waals surface area contributed by atoms with Crippen molar-refractivity contribution in [3.05, 3.63) is 41.2 Å². The fourth-order valence-corrected chi connectivity index (χ4v) is 1.49. The lowest BCUT2D eigenvalue weighted by Crippen LogP contribution is -2.15. The molecule has 0 radical (unpaired) electrons. The van der Waals surface area contributed by atoms with Gasteiger partial charge in [-0.1, -0.05) is 31.2 Å². The molecule has 0 aliphatic heterocycles. The number of hydrogen-bond acceptors (Lipinski definition) is 1. The van der Waals surface area contributed by atoms with E-state index in [1.165, 1.54) is 6.07 Å². The minimum atomic E-state index is -0.130. The minimum absolute atomic E-state index is 0.130. The van der Waals surface area contributed by atoms with Crippen molar-refractivity contribution in [2.75, 3.05) is 6.54 Å². The van der Waals surface area contributed by atoms with E-state index in [4.69, 9.17) is 0 Å². The van der Waals surface area contributed by atoms with E-state index in [1.54, 1.807) is 6.07 Å². The first-order valence-electron chi connectivity index (χ1n) is 5.40. The fraction of sp³-hybridized carbons (Fsp3) is 0.385. The molecule has 0 saturated heterocycles. The summed E-state index contributed by atoms with van der Waals surface area (Å²) in [6.07, 6.45) is 4.93. The third-order valence-corrected chi connectivity index (χ3v) is 2.23. The van der Waals surface area contributed by atoms with E-state index in [0.717, 1.165) is 24.1 Å². The molecule has 1 nitrogen and oxygen atoms in total. The third-order valence-electron chi connectivity index (χ3n) is 2.23. The van der Waals surface area contributed by atoms with Crippen LogP contribution in [-0.2, 0) is 6.54 Å². The predicted octanol–water partition coefficient (Wildman–Crippen LogP) is 3.36. The van der Waals surface area contributed by atoms with Gasteiger partial charge in [0, 0.05) is 12.1 Å². The summed E-state index contributed by atoms with van der Waals surface area (Å²) in [6.45, 7) is 5.55. The first-order valence-corrected chi connectivity index (χ1v) is 5.40. The molecule has 0 spiro atoms. The van der Waals surface area contributed by atoms with Gasteiger partial charge in [-0.15, -0.1) is 0 Å². The number of rotatable bonds is 5. The first-order chi connectivity index (χ1) is 7.29. The lowest BCUT2D eigenvalue weighted by atomic mass is 10.1. The lowest BCUT2D eigenvalue weighted by Gasteiger charge is -2.08. The molecular weight excluding hydrogens is 189 g/mol. The van der Waals surface area contributed by atoms with Crippen LogP contribution in [0.1, 0.15) is 31.4 Å². The van der Waals surface area contributed by atoms with Gasteiger partial charge in [-0.3, -0.25) is 0 Å². The zero-order valence-corrected chi connectivity index (χ0v) is 9.39. The summed E-state index contributed by atoms with van der Waals surface area (Å²) in [7, 11) is 0. The Kier molecular flexibility index (Phi) is 5.05. The largest absolute Gasteiger partial charge is 0.313 e. The van der Waals surface area contributed by atoms with E-state index in [9.17, 15) is 4.39 Å². The minimum Gasteiger partial charge on any atom is -0.313 e. The molecule has 1 N–H and O–H groups in total. The van der Waals surface area contributed by atoms with Crippen molar-refractivity contribution < 1.29 is 4.39 Å². The second kappa shape index (κ2) is 6.36. The van der Waals surface area contributed by atoms with Gasteiger partial charge in [0.15, 0.2) is 0 Å². The third kappa shape index (κ3) is 3.48. The lowest BCUT2D eigenvalue weighted by molar-refractivity contribution is 0.586. The Morgan fingerprint density at radius 2 is 2.20 bits per heavy atom. The molecule has 1 aromatic rings. The van der Waals surface area contributed by atoms with E-state index in [-0.39, 0.29) is 5.82 Å². The Bertz CT molecular complexity index is 331. The van der Waals surface area contributed by atoms with Gasteiger partial charge in [-0.25, -0.2) is 4.39 Å². The van der Waals surface area contributed by atoms with E-state index in [0.29, 0.717) is 6.54 Å². The molecule has 0 aliphatic rings. The van der Waals surface area contributed by atoms with Crippen molar-refractivity contribution in [1.29, 1.82) is 0 Å². The van der Waals surface area contributed by atoms with Gasteiger partial charge in [-0.05, 0) is 31.5 Å². The summed E-state index contributed by atoms with van der Waals surface area (Å²) in [5.74, 6) is -0.130. The highest BCUT2D eigenvalue weighted by molar-refractivity contribution is 5.53. The summed E-state index contributed by atoms with van der Waals surface area (Å²) in [5.41, 5.74) is 1.71. The topological polar surface area (TPSA) is 12.0 Å². The highest BCUT2D eigenvalue weighted by Gasteiger charge is 2.04. The van der Waals surface area contributed by atoms with Crippen LogP contribution in [0.25, 0.3) is 6.08 Å². The van der Waals surface area contributed by atoms with Crippen LogP contribution < -0.4 is 5.32 Å². The van der Waals surface area contributed by atoms with Gasteiger partial charge in [0.25, 0.3) is 0 Å². The van der Waals surface area contributed by atoms with Crippen molar-refractivity contribution in [3.8, 4) is 0 Å². The zero-order valence-electron chi connectivity index (χ0n) is 9.39. The molecule has 0 amide bonds. The van der Waals surface area contributed by atoms with Crippen LogP contribution in [0.4, 0.5) is 4.39 Å². The van der Waals surface area contributed by atoms with Crippen molar-refractivity contribution in [1.82, 2.24) is 5.32 Å². The monoisotopic (exact) mass is 207 g/mol. The molecular formula is C13H18FN. The van der Waals surface area contributed by atoms with Crippen LogP contribution in [-0.4, -0.2) is 6.54 Å². The van der Waals surface area contributed by atoms with Crippen LogP contribution >= 0.6 is 0 Å². The SMILES string of the molecule is C/C=C\c1cccc(F)c1CNCCC. The van der Waals surface area contributed by atoms with E-state index in [1.807, 2.05) is 25.1 Å². The summed E-state index contributed by atoms with van der Waals surface area (Å²) in [5, 5.41) is 3.22. The number of halogens is 1. The molecule has 0 unspecified atom stereocenters. The number of benzene rings is 1. The summed E-state index contributed by atoms with van der Waals surface area (Å²) in [4.78, 5) is 0. The summed E-state index contributed by atoms with van der Waals surface area (Å²) < 4.78 is 13.5. The number of allylic oxidation sites excluding steroid dienone is 1. The van der Waals surface area contributed by atoms with Crippen LogP contribution in [0.3, 0.4) is 0 Å². The Balaban J connectivity index is 2.82. The van der Waals surface area contributed by atoms with Crippen LogP contribution in [0.15, 0.2) is 24.3 Å². The molecule has 0 fully saturated rings. The van der Waals surface area contributed by atoms with Crippen LogP contribution in [0, 0.1) is 5.82 Å². The van der Waals surface area contributed by atoms with Crippen molar-refractivity contribution >= 4 is 6.08 Å². The smallest absolute Gasteiger partial charge is 0.128 e. The molecule has 0 aromatic heterocycles. The Hall–Kier alpha value is -1.15. The second-order valence-electron chi connectivity index (χ2n) is 3.48. The first kappa shape index (κ1) is 11.9. The van der Waals surface area contributed by atoms with E-state index in [2.05, 4.69) is 12.2 Å². The maximum Gasteiger partial charge on any atom is 0.128 e. The van der Waals surface area contributed by atoms with Crippen LogP contribution in [0.2, 0.25) is 0 Å². The van der Waals surface area contributed by atoms with Crippen molar-refractivity contribution in [3.63, 3.8) is 0 Å². The number of nitrogens with one attached hydrogen (secondary N) is 1. The molecule has 82 valence electrons. The summed E-state index contributed by atoms with van der Waals surface area (Å²) >= 11 is 0. The van der Waals surface area contributed by atoms with Gasteiger partial charge in [-0.2, -0.15) is 0 Å². The van der Waals surface area contributed by atoms with Gasteiger partial charge in [0.05, 0.1) is 0 Å². The second-order valence-corrected chi connectivity index (χ2v) is 3.48. The molecule has 0 saturated carbocycles. The molecule has 1 rings (SSSR count). The molecule has 0 heterocycles. The van der Waals surface area contributed by atoms with Gasteiger partial charge >= 0.3 is 0 Å².